The molecule has 0 N–H and O–H groups in total. The maximum absolute atomic E-state index is 10.8. The molecule has 0 atom stereocenters. The monoisotopic (exact) mass is 133 g/mol. The first-order valence-corrected chi connectivity index (χ1v) is 3.24. The van der Waals surface area contributed by atoms with Crippen LogP contribution >= 0.6 is 0 Å². The van der Waals surface area contributed by atoms with Gasteiger partial charge in [-0.2, -0.15) is 0 Å². The second kappa shape index (κ2) is 2.82. The summed E-state index contributed by atoms with van der Waals surface area (Å²) in [6, 6.07) is 0. The van der Waals surface area contributed by atoms with Gasteiger partial charge in [0.25, 0.3) is 0 Å². The molecule has 0 aromatic heterocycles. The number of hydrogen-bond donors (Lipinski definition) is 0. The summed E-state index contributed by atoms with van der Waals surface area (Å²) in [5.41, 5.74) is 1.06. The first-order chi connectivity index (χ1) is 4.72. The molecule has 0 unspecified atom stereocenters. The standard InChI is InChI=1S/C7H8BNO/c1-5(10)7-6(8)3-2-4-9-7/h4H,2-3H2,1H3. The third-order valence-corrected chi connectivity index (χ3v) is 1.40. The number of rotatable bonds is 1. The molecule has 1 heterocycles. The van der Waals surface area contributed by atoms with Crippen LogP contribution in [0.4, 0.5) is 0 Å². The molecule has 0 aromatic rings. The van der Waals surface area contributed by atoms with Crippen LogP contribution in [0.1, 0.15) is 19.8 Å². The Balaban J connectivity index is 2.90. The first-order valence-electron chi connectivity index (χ1n) is 3.24. The third kappa shape index (κ3) is 1.35. The van der Waals surface area contributed by atoms with Crippen molar-refractivity contribution in [3.63, 3.8) is 0 Å². The second-order valence-electron chi connectivity index (χ2n) is 2.28. The van der Waals surface area contributed by atoms with Crippen LogP contribution < -0.4 is 0 Å². The molecule has 1 aliphatic heterocycles. The molecule has 0 saturated heterocycles. The Hall–Kier alpha value is -0.855. The van der Waals surface area contributed by atoms with E-state index < -0.39 is 0 Å². The highest BCUT2D eigenvalue weighted by molar-refractivity contribution is 6.25. The summed E-state index contributed by atoms with van der Waals surface area (Å²) >= 11 is 0. The average molecular weight is 133 g/mol. The molecular formula is C7H8BNO. The minimum atomic E-state index is -0.0477. The van der Waals surface area contributed by atoms with E-state index >= 15 is 0 Å². The van der Waals surface area contributed by atoms with Crippen LogP contribution in [0.3, 0.4) is 0 Å². The lowest BCUT2D eigenvalue weighted by atomic mass is 9.87. The van der Waals surface area contributed by atoms with Gasteiger partial charge in [-0.15, -0.1) is 0 Å². The van der Waals surface area contributed by atoms with Crippen LogP contribution in [0.25, 0.3) is 0 Å². The van der Waals surface area contributed by atoms with Crippen LogP contribution in [0.15, 0.2) is 16.2 Å². The van der Waals surface area contributed by atoms with Crippen molar-refractivity contribution in [3.8, 4) is 0 Å². The Morgan fingerprint density at radius 3 is 2.90 bits per heavy atom. The summed E-state index contributed by atoms with van der Waals surface area (Å²) in [6.45, 7) is 1.48. The molecule has 10 heavy (non-hydrogen) atoms. The highest BCUT2D eigenvalue weighted by Gasteiger charge is 2.07. The molecule has 0 aromatic carbocycles. The quantitative estimate of drug-likeness (QED) is 0.487. The molecule has 0 amide bonds. The lowest BCUT2D eigenvalue weighted by molar-refractivity contribution is -0.113. The van der Waals surface area contributed by atoms with Gasteiger partial charge >= 0.3 is 0 Å². The van der Waals surface area contributed by atoms with Crippen molar-refractivity contribution in [2.75, 3.05) is 0 Å². The predicted molar refractivity (Wildman–Crippen MR) is 41.2 cm³/mol. The summed E-state index contributed by atoms with van der Waals surface area (Å²) < 4.78 is 0. The zero-order valence-corrected chi connectivity index (χ0v) is 5.92. The van der Waals surface area contributed by atoms with E-state index in [1.54, 1.807) is 6.21 Å². The number of carbonyl (C=O) groups excluding carboxylic acids is 1. The van der Waals surface area contributed by atoms with Crippen molar-refractivity contribution in [1.82, 2.24) is 0 Å². The van der Waals surface area contributed by atoms with Gasteiger partial charge in [0.1, 0.15) is 7.85 Å². The highest BCUT2D eigenvalue weighted by atomic mass is 16.1. The molecule has 1 aliphatic rings. The SMILES string of the molecule is [B]C1=C(C(C)=O)N=CCC1. The van der Waals surface area contributed by atoms with Crippen molar-refractivity contribution in [2.24, 2.45) is 4.99 Å². The van der Waals surface area contributed by atoms with Crippen molar-refractivity contribution < 1.29 is 4.79 Å². The smallest absolute Gasteiger partial charge is 0.177 e. The lowest BCUT2D eigenvalue weighted by Gasteiger charge is -2.07. The fourth-order valence-corrected chi connectivity index (χ4v) is 0.894. The lowest BCUT2D eigenvalue weighted by Crippen LogP contribution is -2.04. The number of allylic oxidation sites excluding steroid dienone is 2. The molecule has 2 radical (unpaired) electrons. The van der Waals surface area contributed by atoms with Gasteiger partial charge in [0, 0.05) is 13.1 Å². The number of aliphatic imine (C=N–C) groups is 1. The Bertz CT molecular complexity index is 218. The van der Waals surface area contributed by atoms with Crippen molar-refractivity contribution in [2.45, 2.75) is 19.8 Å². The maximum Gasteiger partial charge on any atom is 0.177 e. The molecule has 0 aliphatic carbocycles. The number of carbonyl (C=O) groups is 1. The van der Waals surface area contributed by atoms with Crippen LogP contribution in [-0.2, 0) is 4.79 Å². The summed E-state index contributed by atoms with van der Waals surface area (Å²) in [5, 5.41) is 0. The van der Waals surface area contributed by atoms with Gasteiger partial charge < -0.3 is 0 Å². The largest absolute Gasteiger partial charge is 0.293 e. The van der Waals surface area contributed by atoms with E-state index in [0.29, 0.717) is 11.2 Å². The summed E-state index contributed by atoms with van der Waals surface area (Å²) in [4.78, 5) is 14.6. The Kier molecular flexibility index (Phi) is 2.04. The molecular weight excluding hydrogens is 125 g/mol. The number of hydrogen-bond acceptors (Lipinski definition) is 2. The van der Waals surface area contributed by atoms with Crippen LogP contribution in [0.5, 0.6) is 0 Å². The van der Waals surface area contributed by atoms with Crippen molar-refractivity contribution >= 4 is 19.8 Å². The summed E-state index contributed by atoms with van der Waals surface area (Å²) in [7, 11) is 5.52. The minimum Gasteiger partial charge on any atom is -0.293 e. The Morgan fingerprint density at radius 1 is 1.80 bits per heavy atom. The van der Waals surface area contributed by atoms with Gasteiger partial charge in [-0.25, -0.2) is 0 Å². The van der Waals surface area contributed by atoms with Crippen molar-refractivity contribution in [3.05, 3.63) is 11.2 Å². The van der Waals surface area contributed by atoms with E-state index in [0.717, 1.165) is 12.8 Å². The normalized spacial score (nSPS) is 17.7. The Morgan fingerprint density at radius 2 is 2.50 bits per heavy atom. The van der Waals surface area contributed by atoms with Crippen LogP contribution in [-0.4, -0.2) is 19.8 Å². The second-order valence-corrected chi connectivity index (χ2v) is 2.28. The zero-order chi connectivity index (χ0) is 7.56. The molecule has 3 heteroatoms. The van der Waals surface area contributed by atoms with E-state index in [2.05, 4.69) is 4.99 Å². The molecule has 0 fully saturated rings. The molecule has 0 saturated carbocycles. The highest BCUT2D eigenvalue weighted by Crippen LogP contribution is 2.13. The van der Waals surface area contributed by atoms with E-state index in [4.69, 9.17) is 7.85 Å². The van der Waals surface area contributed by atoms with Crippen molar-refractivity contribution in [1.29, 1.82) is 0 Å². The first kappa shape index (κ1) is 7.25. The minimum absolute atomic E-state index is 0.0477. The van der Waals surface area contributed by atoms with Gasteiger partial charge in [-0.1, -0.05) is 5.47 Å². The molecule has 0 spiro atoms. The van der Waals surface area contributed by atoms with Crippen LogP contribution in [0.2, 0.25) is 0 Å². The fourth-order valence-electron chi connectivity index (χ4n) is 0.894. The van der Waals surface area contributed by atoms with E-state index in [-0.39, 0.29) is 5.78 Å². The molecule has 2 nitrogen and oxygen atoms in total. The van der Waals surface area contributed by atoms with E-state index in [1.165, 1.54) is 6.92 Å². The van der Waals surface area contributed by atoms with Gasteiger partial charge in [0.05, 0.1) is 5.70 Å². The topological polar surface area (TPSA) is 29.4 Å². The van der Waals surface area contributed by atoms with Gasteiger partial charge in [0.15, 0.2) is 5.78 Å². The maximum atomic E-state index is 10.8. The molecule has 0 bridgehead atoms. The third-order valence-electron chi connectivity index (χ3n) is 1.40. The summed E-state index contributed by atoms with van der Waals surface area (Å²) in [5.74, 6) is -0.0477. The number of nitrogens with zero attached hydrogens (tertiary/aromatic N) is 1. The fraction of sp³-hybridized carbons (Fsp3) is 0.429. The van der Waals surface area contributed by atoms with Crippen LogP contribution in [0, 0.1) is 0 Å². The van der Waals surface area contributed by atoms with E-state index in [1.807, 2.05) is 0 Å². The Labute approximate surface area is 61.4 Å². The number of Topliss-reactive ketones (excluding diaryl/α,β-unsaturated/α-hetero) is 1. The predicted octanol–water partition coefficient (Wildman–Crippen LogP) is 0.820. The van der Waals surface area contributed by atoms with Gasteiger partial charge in [-0.3, -0.25) is 9.79 Å². The van der Waals surface area contributed by atoms with Gasteiger partial charge in [0.2, 0.25) is 0 Å². The molecule has 50 valence electrons. The zero-order valence-electron chi connectivity index (χ0n) is 5.92. The average Bonchev–Trinajstić information content (AvgIpc) is 1.88. The molecule has 1 rings (SSSR count). The van der Waals surface area contributed by atoms with Gasteiger partial charge in [-0.05, 0) is 12.8 Å². The van der Waals surface area contributed by atoms with E-state index in [9.17, 15) is 4.79 Å². The number of ketones is 1. The summed E-state index contributed by atoms with van der Waals surface area (Å²) in [6.07, 6.45) is 3.34.